The molecule has 0 spiro atoms. The molecule has 5 nitrogen and oxygen atoms in total. The van der Waals surface area contributed by atoms with Gasteiger partial charge >= 0.3 is 6.18 Å². The van der Waals surface area contributed by atoms with Gasteiger partial charge in [0.15, 0.2) is 0 Å². The van der Waals surface area contributed by atoms with Crippen molar-refractivity contribution < 1.29 is 18.0 Å². The van der Waals surface area contributed by atoms with E-state index in [0.717, 1.165) is 30.5 Å². The van der Waals surface area contributed by atoms with Gasteiger partial charge in [-0.15, -0.1) is 0 Å². The van der Waals surface area contributed by atoms with E-state index in [4.69, 9.17) is 5.73 Å². The summed E-state index contributed by atoms with van der Waals surface area (Å²) in [6.07, 6.45) is -2.70. The quantitative estimate of drug-likeness (QED) is 0.868. The third-order valence-corrected chi connectivity index (χ3v) is 5.42. The van der Waals surface area contributed by atoms with Crippen molar-refractivity contribution in [1.29, 1.82) is 0 Å². The number of carbonyl (C=O) groups is 1. The van der Waals surface area contributed by atoms with E-state index in [-0.39, 0.29) is 24.4 Å². The maximum atomic E-state index is 13.0. The van der Waals surface area contributed by atoms with Crippen LogP contribution in [-0.2, 0) is 17.4 Å². The molecule has 2 atom stereocenters. The van der Waals surface area contributed by atoms with E-state index in [2.05, 4.69) is 5.10 Å². The van der Waals surface area contributed by atoms with Crippen molar-refractivity contribution in [2.45, 2.75) is 58.3 Å². The van der Waals surface area contributed by atoms with E-state index >= 15 is 0 Å². The minimum Gasteiger partial charge on any atom is -0.340 e. The van der Waals surface area contributed by atoms with Crippen molar-refractivity contribution in [3.8, 4) is 5.69 Å². The molecule has 1 aliphatic rings. The maximum absolute atomic E-state index is 13.0. The number of nitrogens with zero attached hydrogens (tertiary/aromatic N) is 3. The van der Waals surface area contributed by atoms with Gasteiger partial charge < -0.3 is 10.6 Å². The SMILES string of the molecule is Cc1nn(-c2cccc(C(F)(F)F)c2)c(C)c1CC(=O)N1CCC(N)CC1C. The van der Waals surface area contributed by atoms with Crippen molar-refractivity contribution in [3.05, 3.63) is 46.8 Å². The summed E-state index contributed by atoms with van der Waals surface area (Å²) in [7, 11) is 0. The maximum Gasteiger partial charge on any atom is 0.416 e. The van der Waals surface area contributed by atoms with Crippen molar-refractivity contribution in [3.63, 3.8) is 0 Å². The van der Waals surface area contributed by atoms with Gasteiger partial charge in [-0.1, -0.05) is 6.07 Å². The summed E-state index contributed by atoms with van der Waals surface area (Å²) in [5.41, 5.74) is 7.63. The van der Waals surface area contributed by atoms with Crippen LogP contribution in [0.15, 0.2) is 24.3 Å². The van der Waals surface area contributed by atoms with E-state index < -0.39 is 11.7 Å². The second-order valence-electron chi connectivity index (χ2n) is 7.51. The van der Waals surface area contributed by atoms with Crippen LogP contribution in [0, 0.1) is 13.8 Å². The molecule has 1 saturated heterocycles. The molecule has 2 heterocycles. The second kappa shape index (κ2) is 7.58. The Labute approximate surface area is 162 Å². The summed E-state index contributed by atoms with van der Waals surface area (Å²) in [4.78, 5) is 14.7. The molecule has 2 N–H and O–H groups in total. The lowest BCUT2D eigenvalue weighted by Crippen LogP contribution is -2.48. The Morgan fingerprint density at radius 1 is 1.32 bits per heavy atom. The van der Waals surface area contributed by atoms with Crippen LogP contribution in [0.1, 0.15) is 42.3 Å². The normalized spacial score (nSPS) is 20.5. The van der Waals surface area contributed by atoms with Gasteiger partial charge in [-0.05, 0) is 51.8 Å². The Morgan fingerprint density at radius 2 is 2.04 bits per heavy atom. The monoisotopic (exact) mass is 394 g/mol. The Morgan fingerprint density at radius 3 is 2.68 bits per heavy atom. The van der Waals surface area contributed by atoms with Crippen LogP contribution in [0.25, 0.3) is 5.69 Å². The molecule has 0 bridgehead atoms. The lowest BCUT2D eigenvalue weighted by atomic mass is 9.98. The summed E-state index contributed by atoms with van der Waals surface area (Å²) in [5, 5.41) is 4.39. The number of carbonyl (C=O) groups excluding carboxylic acids is 1. The van der Waals surface area contributed by atoms with Crippen LogP contribution in [0.3, 0.4) is 0 Å². The number of aryl methyl sites for hydroxylation is 1. The Hall–Kier alpha value is -2.35. The number of alkyl halides is 3. The second-order valence-corrected chi connectivity index (χ2v) is 7.51. The predicted octanol–water partition coefficient (Wildman–Crippen LogP) is 3.39. The van der Waals surface area contributed by atoms with E-state index in [9.17, 15) is 18.0 Å². The van der Waals surface area contributed by atoms with Crippen molar-refractivity contribution in [2.24, 2.45) is 5.73 Å². The fourth-order valence-electron chi connectivity index (χ4n) is 3.83. The predicted molar refractivity (Wildman–Crippen MR) is 100 cm³/mol. The van der Waals surface area contributed by atoms with Crippen LogP contribution in [0.2, 0.25) is 0 Å². The van der Waals surface area contributed by atoms with E-state index in [1.165, 1.54) is 10.7 Å². The molecule has 1 aliphatic heterocycles. The number of benzene rings is 1. The number of amides is 1. The average molecular weight is 394 g/mol. The largest absolute Gasteiger partial charge is 0.416 e. The van der Waals surface area contributed by atoms with Crippen molar-refractivity contribution >= 4 is 5.91 Å². The van der Waals surface area contributed by atoms with E-state index in [1.807, 2.05) is 11.8 Å². The summed E-state index contributed by atoms with van der Waals surface area (Å²) >= 11 is 0. The van der Waals surface area contributed by atoms with Gasteiger partial charge in [-0.25, -0.2) is 4.68 Å². The molecule has 3 rings (SSSR count). The fraction of sp³-hybridized carbons (Fsp3) is 0.500. The van der Waals surface area contributed by atoms with E-state index in [1.54, 1.807) is 19.9 Å². The number of aromatic nitrogens is 2. The first-order chi connectivity index (χ1) is 13.1. The molecule has 8 heteroatoms. The molecule has 0 radical (unpaired) electrons. The van der Waals surface area contributed by atoms with Crippen LogP contribution in [0.4, 0.5) is 13.2 Å². The zero-order valence-corrected chi connectivity index (χ0v) is 16.3. The molecule has 152 valence electrons. The molecular weight excluding hydrogens is 369 g/mol. The lowest BCUT2D eigenvalue weighted by molar-refractivity contribution is -0.137. The minimum atomic E-state index is -4.42. The molecule has 0 aliphatic carbocycles. The number of nitrogens with two attached hydrogens (primary N) is 1. The molecule has 1 aromatic carbocycles. The van der Waals surface area contributed by atoms with Gasteiger partial charge in [0.25, 0.3) is 0 Å². The van der Waals surface area contributed by atoms with Gasteiger partial charge in [0.05, 0.1) is 23.4 Å². The Balaban J connectivity index is 1.86. The van der Waals surface area contributed by atoms with E-state index in [0.29, 0.717) is 23.6 Å². The zero-order valence-electron chi connectivity index (χ0n) is 16.3. The van der Waals surface area contributed by atoms with Gasteiger partial charge in [0, 0.05) is 29.9 Å². The highest BCUT2D eigenvalue weighted by molar-refractivity contribution is 5.79. The van der Waals surface area contributed by atoms with Crippen molar-refractivity contribution in [1.82, 2.24) is 14.7 Å². The first-order valence-electron chi connectivity index (χ1n) is 9.35. The molecule has 2 unspecified atom stereocenters. The highest BCUT2D eigenvalue weighted by Crippen LogP contribution is 2.31. The average Bonchev–Trinajstić information content (AvgIpc) is 2.89. The van der Waals surface area contributed by atoms with Crippen LogP contribution in [0.5, 0.6) is 0 Å². The number of piperidine rings is 1. The Bertz CT molecular complexity index is 875. The highest BCUT2D eigenvalue weighted by Gasteiger charge is 2.31. The molecule has 28 heavy (non-hydrogen) atoms. The smallest absolute Gasteiger partial charge is 0.340 e. The summed E-state index contributed by atoms with van der Waals surface area (Å²) in [6, 6.07) is 5.23. The third kappa shape index (κ3) is 4.06. The molecule has 0 saturated carbocycles. The van der Waals surface area contributed by atoms with Crippen molar-refractivity contribution in [2.75, 3.05) is 6.54 Å². The summed E-state index contributed by atoms with van der Waals surface area (Å²) in [6.45, 7) is 6.16. The summed E-state index contributed by atoms with van der Waals surface area (Å²) in [5.74, 6) is -0.00538. The molecular formula is C20H25F3N4O. The van der Waals surface area contributed by atoms with Gasteiger partial charge in [-0.3, -0.25) is 4.79 Å². The first-order valence-corrected chi connectivity index (χ1v) is 9.35. The number of hydrogen-bond donors (Lipinski definition) is 1. The Kier molecular flexibility index (Phi) is 5.52. The number of rotatable bonds is 3. The minimum absolute atomic E-state index is 0.00538. The summed E-state index contributed by atoms with van der Waals surface area (Å²) < 4.78 is 40.5. The molecule has 1 fully saturated rings. The van der Waals surface area contributed by atoms with Gasteiger partial charge in [-0.2, -0.15) is 18.3 Å². The lowest BCUT2D eigenvalue weighted by Gasteiger charge is -2.36. The molecule has 1 aromatic heterocycles. The molecule has 1 amide bonds. The first kappa shape index (κ1) is 20.4. The van der Waals surface area contributed by atoms with Gasteiger partial charge in [0.2, 0.25) is 5.91 Å². The number of hydrogen-bond acceptors (Lipinski definition) is 3. The van der Waals surface area contributed by atoms with Crippen LogP contribution < -0.4 is 5.73 Å². The molecule has 2 aromatic rings. The third-order valence-electron chi connectivity index (χ3n) is 5.42. The highest BCUT2D eigenvalue weighted by atomic mass is 19.4. The van der Waals surface area contributed by atoms with Crippen LogP contribution in [-0.4, -0.2) is 39.2 Å². The zero-order chi connectivity index (χ0) is 20.6. The van der Waals surface area contributed by atoms with Gasteiger partial charge in [0.1, 0.15) is 0 Å². The fourth-order valence-corrected chi connectivity index (χ4v) is 3.83. The topological polar surface area (TPSA) is 64.2 Å². The van der Waals surface area contributed by atoms with Crippen LogP contribution >= 0.6 is 0 Å². The number of halogens is 3. The number of likely N-dealkylation sites (tertiary alicyclic amines) is 1. The standard InChI is InChI=1S/C20H25F3N4O/c1-12-9-16(24)7-8-26(12)19(28)11-18-13(2)25-27(14(18)3)17-6-4-5-15(10-17)20(21,22)23/h4-6,10,12,16H,7-9,11,24H2,1-3H3.